The molecular formula is C9H14N4O2S. The summed E-state index contributed by atoms with van der Waals surface area (Å²) in [4.78, 5) is 7.93. The van der Waals surface area contributed by atoms with Crippen molar-refractivity contribution >= 4 is 16.0 Å². The second kappa shape index (κ2) is 3.99. The van der Waals surface area contributed by atoms with Gasteiger partial charge in [-0.3, -0.25) is 0 Å². The largest absolute Gasteiger partial charge is 0.368 e. The molecule has 0 radical (unpaired) electrons. The van der Waals surface area contributed by atoms with Crippen molar-refractivity contribution in [3.63, 3.8) is 0 Å². The highest BCUT2D eigenvalue weighted by Crippen LogP contribution is 2.27. The van der Waals surface area contributed by atoms with Gasteiger partial charge in [-0.15, -0.1) is 0 Å². The zero-order valence-corrected chi connectivity index (χ0v) is 9.81. The zero-order chi connectivity index (χ0) is 11.8. The van der Waals surface area contributed by atoms with Crippen LogP contribution < -0.4 is 5.73 Å². The van der Waals surface area contributed by atoms with Gasteiger partial charge in [-0.25, -0.2) is 22.7 Å². The molecule has 2 rings (SSSR count). The molecule has 6 nitrogen and oxygen atoms in total. The third kappa shape index (κ3) is 2.30. The Morgan fingerprint density at radius 1 is 1.56 bits per heavy atom. The van der Waals surface area contributed by atoms with Crippen LogP contribution in [0.2, 0.25) is 0 Å². The lowest BCUT2D eigenvalue weighted by molar-refractivity contribution is 0.477. The molecule has 16 heavy (non-hydrogen) atoms. The molecule has 1 fully saturated rings. The van der Waals surface area contributed by atoms with Crippen molar-refractivity contribution in [3.05, 3.63) is 18.0 Å². The van der Waals surface area contributed by atoms with Gasteiger partial charge in [-0.2, -0.15) is 0 Å². The standard InChI is InChI=1S/C9H14N4O2S/c1-16(14,15)13-5-3-7(6-13)8-2-4-11-9(10)12-8/h2,4,7H,3,5-6H2,1H3,(H2,10,11,12). The van der Waals surface area contributed by atoms with Gasteiger partial charge >= 0.3 is 0 Å². The van der Waals surface area contributed by atoms with E-state index in [-0.39, 0.29) is 11.9 Å². The maximum Gasteiger partial charge on any atom is 0.220 e. The van der Waals surface area contributed by atoms with E-state index in [1.807, 2.05) is 0 Å². The lowest BCUT2D eigenvalue weighted by Crippen LogP contribution is -2.27. The minimum Gasteiger partial charge on any atom is -0.368 e. The first kappa shape index (κ1) is 11.3. The lowest BCUT2D eigenvalue weighted by atomic mass is 10.1. The van der Waals surface area contributed by atoms with Crippen molar-refractivity contribution in [2.45, 2.75) is 12.3 Å². The number of anilines is 1. The van der Waals surface area contributed by atoms with E-state index in [1.165, 1.54) is 10.6 Å². The van der Waals surface area contributed by atoms with Crippen molar-refractivity contribution in [1.29, 1.82) is 0 Å². The molecule has 2 N–H and O–H groups in total. The van der Waals surface area contributed by atoms with Crippen LogP contribution in [-0.4, -0.2) is 42.0 Å². The number of nitrogen functional groups attached to an aromatic ring is 1. The van der Waals surface area contributed by atoms with Gasteiger partial charge in [0.05, 0.1) is 11.9 Å². The molecule has 0 amide bonds. The summed E-state index contributed by atoms with van der Waals surface area (Å²) in [6.45, 7) is 1.03. The summed E-state index contributed by atoms with van der Waals surface area (Å²) in [5.41, 5.74) is 6.31. The van der Waals surface area contributed by atoms with E-state index in [2.05, 4.69) is 9.97 Å². The van der Waals surface area contributed by atoms with Crippen LogP contribution in [-0.2, 0) is 10.0 Å². The summed E-state index contributed by atoms with van der Waals surface area (Å²) in [5.74, 6) is 0.357. The quantitative estimate of drug-likeness (QED) is 0.776. The molecule has 1 aliphatic heterocycles. The Morgan fingerprint density at radius 2 is 2.31 bits per heavy atom. The molecule has 0 aliphatic carbocycles. The summed E-state index contributed by atoms with van der Waals surface area (Å²) in [6, 6.07) is 1.78. The van der Waals surface area contributed by atoms with Gasteiger partial charge in [0.25, 0.3) is 0 Å². The van der Waals surface area contributed by atoms with Gasteiger partial charge in [0.1, 0.15) is 0 Å². The topological polar surface area (TPSA) is 89.2 Å². The molecule has 2 heterocycles. The Balaban J connectivity index is 2.15. The molecule has 0 saturated carbocycles. The zero-order valence-electron chi connectivity index (χ0n) is 9.00. The van der Waals surface area contributed by atoms with Crippen LogP contribution in [0.1, 0.15) is 18.0 Å². The van der Waals surface area contributed by atoms with Crippen molar-refractivity contribution in [2.24, 2.45) is 0 Å². The summed E-state index contributed by atoms with van der Waals surface area (Å²) in [6.07, 6.45) is 3.61. The minimum absolute atomic E-state index is 0.125. The Morgan fingerprint density at radius 3 is 2.88 bits per heavy atom. The lowest BCUT2D eigenvalue weighted by Gasteiger charge is -2.12. The minimum atomic E-state index is -3.09. The third-order valence-electron chi connectivity index (χ3n) is 2.73. The van der Waals surface area contributed by atoms with Crippen LogP contribution in [0.3, 0.4) is 0 Å². The van der Waals surface area contributed by atoms with E-state index in [0.29, 0.717) is 13.1 Å². The monoisotopic (exact) mass is 242 g/mol. The van der Waals surface area contributed by atoms with Gasteiger partial charge in [0.2, 0.25) is 16.0 Å². The maximum atomic E-state index is 11.3. The summed E-state index contributed by atoms with van der Waals surface area (Å²) < 4.78 is 24.2. The van der Waals surface area contributed by atoms with Crippen molar-refractivity contribution < 1.29 is 8.42 Å². The second-order valence-corrected chi connectivity index (χ2v) is 5.93. The number of hydrogen-bond acceptors (Lipinski definition) is 5. The van der Waals surface area contributed by atoms with E-state index in [0.717, 1.165) is 12.1 Å². The van der Waals surface area contributed by atoms with Gasteiger partial charge in [0, 0.05) is 25.2 Å². The Bertz CT molecular complexity index is 488. The SMILES string of the molecule is CS(=O)(=O)N1CCC(c2ccnc(N)n2)C1. The average Bonchev–Trinajstić information content (AvgIpc) is 2.65. The predicted molar refractivity (Wildman–Crippen MR) is 60.2 cm³/mol. The van der Waals surface area contributed by atoms with Crippen LogP contribution >= 0.6 is 0 Å². The van der Waals surface area contributed by atoms with Crippen molar-refractivity contribution in [2.75, 3.05) is 25.1 Å². The highest BCUT2D eigenvalue weighted by molar-refractivity contribution is 7.88. The summed E-state index contributed by atoms with van der Waals surface area (Å²) >= 11 is 0. The van der Waals surface area contributed by atoms with E-state index >= 15 is 0 Å². The van der Waals surface area contributed by atoms with Crippen LogP contribution in [0.4, 0.5) is 5.95 Å². The first-order valence-electron chi connectivity index (χ1n) is 5.00. The van der Waals surface area contributed by atoms with E-state index in [4.69, 9.17) is 5.73 Å². The van der Waals surface area contributed by atoms with Crippen LogP contribution in [0, 0.1) is 0 Å². The van der Waals surface area contributed by atoms with Crippen LogP contribution in [0.5, 0.6) is 0 Å². The maximum absolute atomic E-state index is 11.3. The van der Waals surface area contributed by atoms with Crippen molar-refractivity contribution in [3.8, 4) is 0 Å². The number of nitrogens with two attached hydrogens (primary N) is 1. The molecule has 0 bridgehead atoms. The predicted octanol–water partition coefficient (Wildman–Crippen LogP) is -0.192. The third-order valence-corrected chi connectivity index (χ3v) is 4.00. The van der Waals surface area contributed by atoms with E-state index in [9.17, 15) is 8.42 Å². The molecule has 1 atom stereocenters. The molecule has 7 heteroatoms. The molecule has 0 spiro atoms. The van der Waals surface area contributed by atoms with E-state index in [1.54, 1.807) is 12.3 Å². The average molecular weight is 242 g/mol. The molecule has 1 saturated heterocycles. The highest BCUT2D eigenvalue weighted by atomic mass is 32.2. The summed E-state index contributed by atoms with van der Waals surface area (Å²) in [5, 5.41) is 0. The first-order chi connectivity index (χ1) is 7.47. The van der Waals surface area contributed by atoms with E-state index < -0.39 is 10.0 Å². The molecule has 0 aromatic carbocycles. The number of hydrogen-bond donors (Lipinski definition) is 1. The van der Waals surface area contributed by atoms with Gasteiger partial charge in [-0.1, -0.05) is 0 Å². The van der Waals surface area contributed by atoms with Crippen molar-refractivity contribution in [1.82, 2.24) is 14.3 Å². The molecule has 1 aliphatic rings. The fraction of sp³-hybridized carbons (Fsp3) is 0.556. The van der Waals surface area contributed by atoms with Gasteiger partial charge in [0.15, 0.2) is 0 Å². The Hall–Kier alpha value is -1.21. The highest BCUT2D eigenvalue weighted by Gasteiger charge is 2.30. The molecular weight excluding hydrogens is 228 g/mol. The normalized spacial score (nSPS) is 22.4. The number of sulfonamides is 1. The summed E-state index contributed by atoms with van der Waals surface area (Å²) in [7, 11) is -3.09. The molecule has 1 aromatic heterocycles. The van der Waals surface area contributed by atoms with Crippen LogP contribution in [0.25, 0.3) is 0 Å². The Labute approximate surface area is 94.6 Å². The molecule has 88 valence electrons. The fourth-order valence-electron chi connectivity index (χ4n) is 1.89. The first-order valence-corrected chi connectivity index (χ1v) is 6.85. The van der Waals surface area contributed by atoms with Crippen LogP contribution in [0.15, 0.2) is 12.3 Å². The smallest absolute Gasteiger partial charge is 0.220 e. The van der Waals surface area contributed by atoms with Gasteiger partial charge < -0.3 is 5.73 Å². The molecule has 1 unspecified atom stereocenters. The second-order valence-electron chi connectivity index (χ2n) is 3.95. The number of nitrogens with zero attached hydrogens (tertiary/aromatic N) is 3. The van der Waals surface area contributed by atoms with Gasteiger partial charge in [-0.05, 0) is 12.5 Å². The number of rotatable bonds is 2. The molecule has 1 aromatic rings. The fourth-order valence-corrected chi connectivity index (χ4v) is 2.77. The Kier molecular flexibility index (Phi) is 2.81. The number of aromatic nitrogens is 2.